The van der Waals surface area contributed by atoms with E-state index in [0.29, 0.717) is 0 Å². The lowest BCUT2D eigenvalue weighted by atomic mass is 10.2. The van der Waals surface area contributed by atoms with Gasteiger partial charge in [0, 0.05) is 27.1 Å². The van der Waals surface area contributed by atoms with E-state index in [-0.39, 0.29) is 0 Å². The zero-order chi connectivity index (χ0) is 18.8. The lowest BCUT2D eigenvalue weighted by Crippen LogP contribution is -2.55. The molecule has 0 amide bonds. The summed E-state index contributed by atoms with van der Waals surface area (Å²) in [6, 6.07) is 24.7. The van der Waals surface area contributed by atoms with Crippen molar-refractivity contribution < 1.29 is 0 Å². The van der Waals surface area contributed by atoms with Gasteiger partial charge in [-0.3, -0.25) is 0 Å². The Bertz CT molecular complexity index is 764. The van der Waals surface area contributed by atoms with Gasteiger partial charge in [-0.25, -0.2) is 0 Å². The molecule has 0 unspecified atom stereocenters. The van der Waals surface area contributed by atoms with Crippen LogP contribution in [0.2, 0.25) is 10.0 Å². The summed E-state index contributed by atoms with van der Waals surface area (Å²) in [6.07, 6.45) is 0. The van der Waals surface area contributed by atoms with Crippen molar-refractivity contribution in [3.05, 3.63) is 88.4 Å². The van der Waals surface area contributed by atoms with E-state index in [2.05, 4.69) is 70.2 Å². The van der Waals surface area contributed by atoms with Gasteiger partial charge in [0.1, 0.15) is 0 Å². The topological polar surface area (TPSA) is 9.72 Å². The summed E-state index contributed by atoms with van der Waals surface area (Å²) in [5.74, 6) is 0. The molecule has 1 aliphatic heterocycles. The highest BCUT2D eigenvalue weighted by atomic mass is 35.5. The second-order valence-corrected chi connectivity index (χ2v) is 7.71. The minimum absolute atomic E-state index is 0.751. The van der Waals surface area contributed by atoms with Crippen molar-refractivity contribution in [2.75, 3.05) is 34.7 Å². The fourth-order valence-corrected chi connectivity index (χ4v) is 3.55. The van der Waals surface area contributed by atoms with Crippen LogP contribution < -0.4 is 14.7 Å². The van der Waals surface area contributed by atoms with Crippen LogP contribution in [0.3, 0.4) is 0 Å². The van der Waals surface area contributed by atoms with Crippen molar-refractivity contribution in [3.8, 4) is 0 Å². The van der Waals surface area contributed by atoms with Gasteiger partial charge in [-0.15, -0.1) is 0 Å². The molecule has 0 bridgehead atoms. The van der Waals surface area contributed by atoms with Gasteiger partial charge in [-0.1, -0.05) is 40.9 Å². The molecule has 138 valence electrons. The fraction of sp³-hybridized carbons (Fsp3) is 0.182. The zero-order valence-electron chi connectivity index (χ0n) is 15.1. The van der Waals surface area contributed by atoms with Crippen LogP contribution in [0.4, 0.5) is 17.1 Å². The highest BCUT2D eigenvalue weighted by Crippen LogP contribution is 2.28. The first kappa shape index (κ1) is 18.0. The van der Waals surface area contributed by atoms with Crippen LogP contribution >= 0.6 is 23.2 Å². The third-order valence-corrected chi connectivity index (χ3v) is 5.31. The quantitative estimate of drug-likeness (QED) is 0.535. The molecule has 0 aliphatic carbocycles. The molecule has 0 aromatic heterocycles. The van der Waals surface area contributed by atoms with Crippen molar-refractivity contribution >= 4 is 40.3 Å². The first-order valence-corrected chi connectivity index (χ1v) is 9.67. The number of anilines is 3. The minimum Gasteiger partial charge on any atom is -0.336 e. The van der Waals surface area contributed by atoms with Crippen LogP contribution in [0.1, 0.15) is 5.56 Å². The smallest absolute Gasteiger partial charge is 0.0937 e. The first-order chi connectivity index (χ1) is 13.1. The molecule has 1 saturated heterocycles. The fourth-order valence-electron chi connectivity index (χ4n) is 3.30. The van der Waals surface area contributed by atoms with Crippen molar-refractivity contribution in [1.29, 1.82) is 0 Å². The second kappa shape index (κ2) is 7.71. The van der Waals surface area contributed by atoms with Crippen molar-refractivity contribution in [3.63, 3.8) is 0 Å². The molecule has 0 saturated carbocycles. The number of aryl methyl sites for hydroxylation is 1. The summed E-state index contributed by atoms with van der Waals surface area (Å²) >= 11 is 12.2. The molecule has 5 heteroatoms. The summed E-state index contributed by atoms with van der Waals surface area (Å²) in [6.45, 7) is 4.54. The molecule has 27 heavy (non-hydrogen) atoms. The van der Waals surface area contributed by atoms with Crippen LogP contribution in [0.5, 0.6) is 0 Å². The number of benzene rings is 3. The van der Waals surface area contributed by atoms with E-state index in [1.807, 2.05) is 24.3 Å². The van der Waals surface area contributed by atoms with Gasteiger partial charge in [0.05, 0.1) is 20.0 Å². The van der Waals surface area contributed by atoms with Gasteiger partial charge < -0.3 is 14.7 Å². The predicted molar refractivity (Wildman–Crippen MR) is 116 cm³/mol. The monoisotopic (exact) mass is 397 g/mol. The van der Waals surface area contributed by atoms with E-state index >= 15 is 0 Å². The second-order valence-electron chi connectivity index (χ2n) is 6.83. The van der Waals surface area contributed by atoms with Crippen molar-refractivity contribution in [2.45, 2.75) is 6.92 Å². The van der Waals surface area contributed by atoms with Gasteiger partial charge in [0.2, 0.25) is 0 Å². The molecule has 1 aliphatic rings. The van der Waals surface area contributed by atoms with Gasteiger partial charge in [0.15, 0.2) is 0 Å². The SMILES string of the molecule is Cc1ccc(N2CN(c3ccc(Cl)cc3)CN(c3ccc(Cl)cc3)C2)cc1. The molecule has 0 atom stereocenters. The van der Waals surface area contributed by atoms with Crippen LogP contribution in [-0.2, 0) is 0 Å². The van der Waals surface area contributed by atoms with Crippen LogP contribution in [0.15, 0.2) is 72.8 Å². The molecule has 0 spiro atoms. The summed E-state index contributed by atoms with van der Waals surface area (Å²) in [7, 11) is 0. The highest BCUT2D eigenvalue weighted by molar-refractivity contribution is 6.30. The van der Waals surface area contributed by atoms with Crippen molar-refractivity contribution in [2.24, 2.45) is 0 Å². The minimum atomic E-state index is 0.751. The number of halogens is 2. The van der Waals surface area contributed by atoms with Gasteiger partial charge in [-0.05, 0) is 67.6 Å². The first-order valence-electron chi connectivity index (χ1n) is 8.91. The summed E-state index contributed by atoms with van der Waals surface area (Å²) in [5, 5.41) is 1.50. The Labute approximate surface area is 170 Å². The molecule has 0 N–H and O–H groups in total. The maximum absolute atomic E-state index is 6.08. The van der Waals surface area contributed by atoms with Gasteiger partial charge in [-0.2, -0.15) is 0 Å². The molecule has 3 aromatic carbocycles. The van der Waals surface area contributed by atoms with E-state index in [4.69, 9.17) is 23.2 Å². The third kappa shape index (κ3) is 4.15. The Morgan fingerprint density at radius 3 is 1.15 bits per heavy atom. The lowest BCUT2D eigenvalue weighted by Gasteiger charge is -2.45. The number of rotatable bonds is 3. The Hall–Kier alpha value is -2.36. The molecule has 0 radical (unpaired) electrons. The van der Waals surface area contributed by atoms with E-state index in [9.17, 15) is 0 Å². The molecular formula is C22H21Cl2N3. The highest BCUT2D eigenvalue weighted by Gasteiger charge is 2.24. The molecule has 3 aromatic rings. The van der Waals surface area contributed by atoms with Crippen molar-refractivity contribution in [1.82, 2.24) is 0 Å². The zero-order valence-corrected chi connectivity index (χ0v) is 16.7. The van der Waals surface area contributed by atoms with E-state index in [0.717, 1.165) is 41.4 Å². The number of hydrogen-bond acceptors (Lipinski definition) is 3. The number of hydrogen-bond donors (Lipinski definition) is 0. The Kier molecular flexibility index (Phi) is 5.15. The summed E-state index contributed by atoms with van der Waals surface area (Å²) in [5.41, 5.74) is 4.77. The molecule has 4 rings (SSSR count). The largest absolute Gasteiger partial charge is 0.336 e. The molecule has 1 heterocycles. The average molecular weight is 398 g/mol. The Morgan fingerprint density at radius 1 is 0.519 bits per heavy atom. The summed E-state index contributed by atoms with van der Waals surface area (Å²) in [4.78, 5) is 7.05. The van der Waals surface area contributed by atoms with Crippen LogP contribution in [0.25, 0.3) is 0 Å². The van der Waals surface area contributed by atoms with Gasteiger partial charge in [0.25, 0.3) is 0 Å². The standard InChI is InChI=1S/C22H21Cl2N3/c1-17-2-8-20(9-3-17)25-14-26(21-10-4-18(23)5-11-21)16-27(15-25)22-12-6-19(24)7-13-22/h2-13H,14-16H2,1H3. The molecule has 1 fully saturated rings. The normalized spacial score (nSPS) is 14.6. The van der Waals surface area contributed by atoms with E-state index < -0.39 is 0 Å². The van der Waals surface area contributed by atoms with E-state index in [1.165, 1.54) is 11.3 Å². The average Bonchev–Trinajstić information content (AvgIpc) is 2.69. The third-order valence-electron chi connectivity index (χ3n) is 4.81. The lowest BCUT2D eigenvalue weighted by molar-refractivity contribution is 0.611. The number of nitrogens with zero attached hydrogens (tertiary/aromatic N) is 3. The van der Waals surface area contributed by atoms with Crippen LogP contribution in [0, 0.1) is 6.92 Å². The predicted octanol–water partition coefficient (Wildman–Crippen LogP) is 6.01. The molecular weight excluding hydrogens is 377 g/mol. The van der Waals surface area contributed by atoms with Crippen LogP contribution in [-0.4, -0.2) is 20.0 Å². The van der Waals surface area contributed by atoms with E-state index in [1.54, 1.807) is 0 Å². The maximum Gasteiger partial charge on any atom is 0.0937 e. The summed E-state index contributed by atoms with van der Waals surface area (Å²) < 4.78 is 0. The Balaban J connectivity index is 1.66. The maximum atomic E-state index is 6.08. The van der Waals surface area contributed by atoms with Gasteiger partial charge >= 0.3 is 0 Å². The Morgan fingerprint density at radius 2 is 0.815 bits per heavy atom. The molecule has 3 nitrogen and oxygen atoms in total.